The summed E-state index contributed by atoms with van der Waals surface area (Å²) < 4.78 is 4.82. The summed E-state index contributed by atoms with van der Waals surface area (Å²) in [5.41, 5.74) is 6.00. The minimum atomic E-state index is -0.716. The van der Waals surface area contributed by atoms with Crippen LogP contribution in [0.25, 0.3) is 0 Å². The zero-order valence-electron chi connectivity index (χ0n) is 11.3. The summed E-state index contributed by atoms with van der Waals surface area (Å²) in [4.78, 5) is 35.4. The summed E-state index contributed by atoms with van der Waals surface area (Å²) in [7, 11) is 0. The van der Waals surface area contributed by atoms with Gasteiger partial charge in [-0.05, 0) is 32.3 Å². The van der Waals surface area contributed by atoms with Crippen LogP contribution in [0.2, 0.25) is 0 Å². The van der Waals surface area contributed by atoms with E-state index in [0.29, 0.717) is 10.6 Å². The Morgan fingerprint density at radius 2 is 2.00 bits per heavy atom. The number of thiophene rings is 1. The van der Waals surface area contributed by atoms with Crippen LogP contribution in [0.15, 0.2) is 0 Å². The number of carbonyl (C=O) groups is 3. The van der Waals surface area contributed by atoms with E-state index in [4.69, 9.17) is 10.5 Å². The molecule has 0 bridgehead atoms. The number of ether oxygens (including phenoxy) is 1. The quantitative estimate of drug-likeness (QED) is 0.801. The van der Waals surface area contributed by atoms with Crippen LogP contribution in [0.4, 0.5) is 5.00 Å². The number of esters is 1. The van der Waals surface area contributed by atoms with E-state index in [1.54, 1.807) is 6.92 Å². The fraction of sp³-hybridized carbons (Fsp3) is 0.462. The number of hydrogen-bond acceptors (Lipinski definition) is 5. The van der Waals surface area contributed by atoms with Gasteiger partial charge in [-0.25, -0.2) is 4.79 Å². The van der Waals surface area contributed by atoms with Gasteiger partial charge in [0, 0.05) is 10.8 Å². The molecule has 1 saturated carbocycles. The van der Waals surface area contributed by atoms with Crippen molar-refractivity contribution < 1.29 is 19.1 Å². The van der Waals surface area contributed by atoms with Crippen molar-refractivity contribution in [3.63, 3.8) is 0 Å². The molecule has 0 aromatic carbocycles. The molecule has 0 unspecified atom stereocenters. The van der Waals surface area contributed by atoms with Crippen molar-refractivity contribution in [2.45, 2.75) is 26.7 Å². The molecule has 2 amide bonds. The van der Waals surface area contributed by atoms with Crippen molar-refractivity contribution >= 4 is 34.1 Å². The van der Waals surface area contributed by atoms with Crippen molar-refractivity contribution in [1.29, 1.82) is 0 Å². The van der Waals surface area contributed by atoms with Crippen molar-refractivity contribution in [1.82, 2.24) is 0 Å². The number of rotatable bonds is 5. The van der Waals surface area contributed by atoms with Gasteiger partial charge in [-0.2, -0.15) is 0 Å². The Morgan fingerprint density at radius 3 is 2.55 bits per heavy atom. The average molecular weight is 296 g/mol. The maximum atomic E-state index is 12.0. The van der Waals surface area contributed by atoms with Crippen LogP contribution < -0.4 is 11.1 Å². The highest BCUT2D eigenvalue weighted by atomic mass is 32.1. The molecular formula is C13H16N2O4S. The molecule has 3 N–H and O–H groups in total. The predicted molar refractivity (Wildman–Crippen MR) is 74.6 cm³/mol. The largest absolute Gasteiger partial charge is 0.452 e. The van der Waals surface area contributed by atoms with Crippen molar-refractivity contribution in [2.75, 3.05) is 11.9 Å². The van der Waals surface area contributed by atoms with E-state index in [1.807, 2.05) is 6.92 Å². The SMILES string of the molecule is Cc1sc(NC(=O)C2CC2)c(C(=O)OCC(N)=O)c1C. The first-order valence-electron chi connectivity index (χ1n) is 6.26. The van der Waals surface area contributed by atoms with E-state index >= 15 is 0 Å². The third-order valence-corrected chi connectivity index (χ3v) is 4.24. The number of aryl methyl sites for hydroxylation is 1. The first-order chi connectivity index (χ1) is 9.40. The number of primary amides is 1. The second kappa shape index (κ2) is 5.62. The second-order valence-electron chi connectivity index (χ2n) is 4.79. The smallest absolute Gasteiger partial charge is 0.341 e. The number of amides is 2. The number of nitrogens with two attached hydrogens (primary N) is 1. The first-order valence-corrected chi connectivity index (χ1v) is 7.08. The van der Waals surface area contributed by atoms with Gasteiger partial charge in [0.15, 0.2) is 6.61 Å². The average Bonchev–Trinajstić information content (AvgIpc) is 3.16. The minimum absolute atomic E-state index is 0.0483. The molecule has 1 aliphatic carbocycles. The van der Waals surface area contributed by atoms with Gasteiger partial charge in [-0.1, -0.05) is 0 Å². The highest BCUT2D eigenvalue weighted by molar-refractivity contribution is 7.16. The summed E-state index contributed by atoms with van der Waals surface area (Å²) in [5, 5.41) is 3.24. The molecular weight excluding hydrogens is 280 g/mol. The molecule has 1 heterocycles. The van der Waals surface area contributed by atoms with Crippen LogP contribution in [0.3, 0.4) is 0 Å². The van der Waals surface area contributed by atoms with Crippen LogP contribution >= 0.6 is 11.3 Å². The van der Waals surface area contributed by atoms with Crippen LogP contribution in [0.5, 0.6) is 0 Å². The Balaban J connectivity index is 2.18. The summed E-state index contributed by atoms with van der Waals surface area (Å²) in [6.07, 6.45) is 1.77. The van der Waals surface area contributed by atoms with E-state index in [1.165, 1.54) is 11.3 Å². The number of carbonyl (C=O) groups excluding carboxylic acids is 3. The normalized spacial score (nSPS) is 13.9. The van der Waals surface area contributed by atoms with Crippen LogP contribution in [-0.2, 0) is 14.3 Å². The van der Waals surface area contributed by atoms with Gasteiger partial charge in [0.05, 0.1) is 5.56 Å². The summed E-state index contributed by atoms with van der Waals surface area (Å²) in [6, 6.07) is 0. The second-order valence-corrected chi connectivity index (χ2v) is 6.02. The molecule has 6 nitrogen and oxygen atoms in total. The van der Waals surface area contributed by atoms with E-state index in [-0.39, 0.29) is 11.8 Å². The van der Waals surface area contributed by atoms with Gasteiger partial charge in [0.2, 0.25) is 5.91 Å². The third-order valence-electron chi connectivity index (χ3n) is 3.12. The Labute approximate surface area is 120 Å². The Bertz CT molecular complexity index is 575. The van der Waals surface area contributed by atoms with Crippen LogP contribution in [0, 0.1) is 19.8 Å². The van der Waals surface area contributed by atoms with Gasteiger partial charge < -0.3 is 15.8 Å². The van der Waals surface area contributed by atoms with Gasteiger partial charge in [0.25, 0.3) is 5.91 Å². The molecule has 0 atom stereocenters. The maximum absolute atomic E-state index is 12.0. The fourth-order valence-corrected chi connectivity index (χ4v) is 2.78. The van der Waals surface area contributed by atoms with E-state index in [9.17, 15) is 14.4 Å². The molecule has 0 saturated heterocycles. The lowest BCUT2D eigenvalue weighted by molar-refractivity contribution is -0.121. The Kier molecular flexibility index (Phi) is 4.08. The molecule has 1 fully saturated rings. The highest BCUT2D eigenvalue weighted by Gasteiger charge is 2.31. The molecule has 7 heteroatoms. The van der Waals surface area contributed by atoms with E-state index in [0.717, 1.165) is 23.3 Å². The standard InChI is InChI=1S/C13H16N2O4S/c1-6-7(2)20-12(15-11(17)8-3-4-8)10(6)13(18)19-5-9(14)16/h8H,3-5H2,1-2H3,(H2,14,16)(H,15,17). The van der Waals surface area contributed by atoms with Crippen LogP contribution in [0.1, 0.15) is 33.6 Å². The van der Waals surface area contributed by atoms with Crippen molar-refractivity contribution in [3.05, 3.63) is 16.0 Å². The molecule has 0 aliphatic heterocycles. The van der Waals surface area contributed by atoms with Gasteiger partial charge >= 0.3 is 5.97 Å². The monoisotopic (exact) mass is 296 g/mol. The Morgan fingerprint density at radius 1 is 1.35 bits per heavy atom. The van der Waals surface area contributed by atoms with Crippen molar-refractivity contribution in [2.24, 2.45) is 11.7 Å². The third kappa shape index (κ3) is 3.16. The lowest BCUT2D eigenvalue weighted by atomic mass is 10.1. The lowest BCUT2D eigenvalue weighted by Gasteiger charge is -2.06. The number of anilines is 1. The molecule has 20 heavy (non-hydrogen) atoms. The highest BCUT2D eigenvalue weighted by Crippen LogP contribution is 2.36. The number of nitrogens with one attached hydrogen (secondary N) is 1. The number of hydrogen-bond donors (Lipinski definition) is 2. The minimum Gasteiger partial charge on any atom is -0.452 e. The molecule has 0 spiro atoms. The summed E-state index contributed by atoms with van der Waals surface area (Å²) >= 11 is 1.33. The maximum Gasteiger partial charge on any atom is 0.341 e. The zero-order chi connectivity index (χ0) is 14.9. The fourth-order valence-electron chi connectivity index (χ4n) is 1.73. The van der Waals surface area contributed by atoms with Crippen molar-refractivity contribution in [3.8, 4) is 0 Å². The molecule has 1 aromatic heterocycles. The van der Waals surface area contributed by atoms with Gasteiger partial charge in [-0.3, -0.25) is 9.59 Å². The Hall–Kier alpha value is -1.89. The molecule has 1 aliphatic rings. The van der Waals surface area contributed by atoms with E-state index < -0.39 is 18.5 Å². The zero-order valence-corrected chi connectivity index (χ0v) is 12.1. The van der Waals surface area contributed by atoms with Crippen LogP contribution in [-0.4, -0.2) is 24.4 Å². The summed E-state index contributed by atoms with van der Waals surface area (Å²) in [5.74, 6) is -1.38. The predicted octanol–water partition coefficient (Wildman–Crippen LogP) is 1.36. The van der Waals surface area contributed by atoms with Gasteiger partial charge in [-0.15, -0.1) is 11.3 Å². The summed E-state index contributed by atoms with van der Waals surface area (Å²) in [6.45, 7) is 3.17. The lowest BCUT2D eigenvalue weighted by Crippen LogP contribution is -2.22. The van der Waals surface area contributed by atoms with Gasteiger partial charge in [0.1, 0.15) is 5.00 Å². The molecule has 0 radical (unpaired) electrons. The molecule has 108 valence electrons. The molecule has 1 aromatic rings. The topological polar surface area (TPSA) is 98.5 Å². The first kappa shape index (κ1) is 14.5. The van der Waals surface area contributed by atoms with E-state index in [2.05, 4.69) is 5.32 Å². The molecule has 2 rings (SSSR count).